The van der Waals surface area contributed by atoms with Gasteiger partial charge in [-0.05, 0) is 29.8 Å². The first kappa shape index (κ1) is 27.5. The second-order valence-corrected chi connectivity index (χ2v) is 9.55. The monoisotopic (exact) mass is 548 g/mol. The number of aromatic hydroxyl groups is 2. The molecule has 2 aromatic carbocycles. The van der Waals surface area contributed by atoms with Gasteiger partial charge in [0, 0.05) is 0 Å². The number of hydrogen-bond acceptors (Lipinski definition) is 13. The number of ether oxygens (including phenoxy) is 3. The third-order valence-electron chi connectivity index (χ3n) is 7.01. The zero-order chi connectivity index (χ0) is 28.0. The number of phenols is 2. The Kier molecular flexibility index (Phi) is 7.61. The van der Waals surface area contributed by atoms with Crippen LogP contribution >= 0.6 is 0 Å². The summed E-state index contributed by atoms with van der Waals surface area (Å²) in [6.45, 7) is -0.817. The summed E-state index contributed by atoms with van der Waals surface area (Å²) < 4.78 is 22.1. The van der Waals surface area contributed by atoms with Gasteiger partial charge in [-0.15, -0.1) is 0 Å². The van der Waals surface area contributed by atoms with Gasteiger partial charge < -0.3 is 59.5 Å². The molecule has 9 atom stereocenters. The molecule has 0 saturated carbocycles. The summed E-state index contributed by atoms with van der Waals surface area (Å²) in [7, 11) is 0. The van der Waals surface area contributed by atoms with Gasteiger partial charge in [0.2, 0.25) is 5.43 Å². The Bertz CT molecular complexity index is 1370. The van der Waals surface area contributed by atoms with Crippen LogP contribution in [0.1, 0.15) is 11.7 Å². The lowest BCUT2D eigenvalue weighted by Crippen LogP contribution is -2.57. The van der Waals surface area contributed by atoms with E-state index in [1.807, 2.05) is 0 Å². The summed E-state index contributed by atoms with van der Waals surface area (Å²) in [5.41, 5.74) is -0.120. The molecule has 2 fully saturated rings. The maximum atomic E-state index is 13.3. The average Bonchev–Trinajstić information content (AvgIpc) is 2.92. The van der Waals surface area contributed by atoms with Crippen molar-refractivity contribution >= 4 is 11.0 Å². The fraction of sp³-hybridized carbons (Fsp3) is 0.423. The van der Waals surface area contributed by atoms with Gasteiger partial charge in [0.25, 0.3) is 0 Å². The molecule has 5 rings (SSSR count). The van der Waals surface area contributed by atoms with Crippen molar-refractivity contribution in [1.82, 2.24) is 0 Å². The Morgan fingerprint density at radius 3 is 2.28 bits per heavy atom. The maximum Gasteiger partial charge on any atom is 0.200 e. The number of fused-ring (bicyclic) bond motifs is 1. The molecule has 0 bridgehead atoms. The molecular formula is C26H28O13. The largest absolute Gasteiger partial charge is 0.508 e. The van der Waals surface area contributed by atoms with E-state index in [2.05, 4.69) is 0 Å². The van der Waals surface area contributed by atoms with Crippen LogP contribution in [-0.2, 0) is 14.2 Å². The average molecular weight is 548 g/mol. The Balaban J connectivity index is 1.45. The highest BCUT2D eigenvalue weighted by molar-refractivity contribution is 5.86. The normalized spacial score (nSPS) is 33.3. The highest BCUT2D eigenvalue weighted by atomic mass is 16.7. The first-order valence-electron chi connectivity index (χ1n) is 12.1. The minimum Gasteiger partial charge on any atom is -0.508 e. The fourth-order valence-electron chi connectivity index (χ4n) is 4.77. The molecule has 0 radical (unpaired) electrons. The molecule has 3 heterocycles. The van der Waals surface area contributed by atoms with Crippen molar-refractivity contribution in [3.8, 4) is 22.6 Å². The minimum absolute atomic E-state index is 0.0113. The molecule has 8 N–H and O–H groups in total. The summed E-state index contributed by atoms with van der Waals surface area (Å²) in [5, 5.41) is 81.6. The lowest BCUT2D eigenvalue weighted by molar-refractivity contribution is -0.291. The van der Waals surface area contributed by atoms with Crippen LogP contribution in [0.4, 0.5) is 0 Å². The molecule has 2 aliphatic rings. The third kappa shape index (κ3) is 5.00. The van der Waals surface area contributed by atoms with Crippen molar-refractivity contribution in [1.29, 1.82) is 0 Å². The summed E-state index contributed by atoms with van der Waals surface area (Å²) in [4.78, 5) is 13.3. The van der Waals surface area contributed by atoms with Crippen LogP contribution < -0.4 is 5.43 Å². The number of hydrogen-bond donors (Lipinski definition) is 8. The molecule has 210 valence electrons. The fourth-order valence-corrected chi connectivity index (χ4v) is 4.77. The van der Waals surface area contributed by atoms with Crippen LogP contribution in [0.3, 0.4) is 0 Å². The predicted octanol–water partition coefficient (Wildman–Crippen LogP) is -1.15. The van der Waals surface area contributed by atoms with Gasteiger partial charge >= 0.3 is 0 Å². The third-order valence-corrected chi connectivity index (χ3v) is 7.01. The molecule has 0 spiro atoms. The van der Waals surface area contributed by atoms with Crippen molar-refractivity contribution in [2.24, 2.45) is 0 Å². The van der Waals surface area contributed by atoms with E-state index in [4.69, 9.17) is 18.6 Å². The van der Waals surface area contributed by atoms with Crippen molar-refractivity contribution in [2.75, 3.05) is 13.2 Å². The molecule has 1 aromatic heterocycles. The Hall–Kier alpha value is -3.11. The molecule has 1 unspecified atom stereocenters. The highest BCUT2D eigenvalue weighted by Crippen LogP contribution is 2.41. The van der Waals surface area contributed by atoms with Crippen LogP contribution in [0.25, 0.3) is 22.1 Å². The summed E-state index contributed by atoms with van der Waals surface area (Å²) in [6, 6.07) is 8.39. The van der Waals surface area contributed by atoms with E-state index in [0.29, 0.717) is 5.56 Å². The summed E-state index contributed by atoms with van der Waals surface area (Å²) in [5.74, 6) is -0.407. The number of aliphatic hydroxyl groups is 6. The Labute approximate surface area is 220 Å². The Morgan fingerprint density at radius 2 is 1.56 bits per heavy atom. The number of phenolic OH excluding ortho intramolecular Hbond substituents is 2. The number of aliphatic hydroxyl groups excluding tert-OH is 6. The minimum atomic E-state index is -1.78. The second-order valence-electron chi connectivity index (χ2n) is 9.55. The van der Waals surface area contributed by atoms with Gasteiger partial charge in [0.15, 0.2) is 6.29 Å². The van der Waals surface area contributed by atoms with Crippen LogP contribution in [0, 0.1) is 0 Å². The van der Waals surface area contributed by atoms with Crippen molar-refractivity contribution < 1.29 is 59.5 Å². The molecule has 2 saturated heterocycles. The maximum absolute atomic E-state index is 13.3. The van der Waals surface area contributed by atoms with E-state index < -0.39 is 72.9 Å². The van der Waals surface area contributed by atoms with Gasteiger partial charge in [0.1, 0.15) is 72.2 Å². The van der Waals surface area contributed by atoms with E-state index in [-0.39, 0.29) is 34.5 Å². The SMILES string of the molecule is O=c1c(-c2ccc(O)cc2)coc2c([C@@H]3O[C@H](COC4OC[C@@H](O)[C@H](O)[C@H]4O)[C@@H](O)[C@H](O)[C@H]3O)c(O)ccc12. The van der Waals surface area contributed by atoms with E-state index in [1.165, 1.54) is 36.4 Å². The van der Waals surface area contributed by atoms with Gasteiger partial charge in [-0.3, -0.25) is 4.79 Å². The first-order chi connectivity index (χ1) is 18.6. The quantitative estimate of drug-likeness (QED) is 0.189. The van der Waals surface area contributed by atoms with Crippen LogP contribution in [0.5, 0.6) is 11.5 Å². The molecule has 39 heavy (non-hydrogen) atoms. The van der Waals surface area contributed by atoms with Gasteiger partial charge in [-0.25, -0.2) is 0 Å². The van der Waals surface area contributed by atoms with E-state index in [1.54, 1.807) is 0 Å². The summed E-state index contributed by atoms with van der Waals surface area (Å²) >= 11 is 0. The number of benzene rings is 2. The highest BCUT2D eigenvalue weighted by Gasteiger charge is 2.47. The first-order valence-corrected chi connectivity index (χ1v) is 12.1. The van der Waals surface area contributed by atoms with Crippen LogP contribution in [-0.4, -0.2) is 103 Å². The molecule has 0 amide bonds. The molecular weight excluding hydrogens is 520 g/mol. The lowest BCUT2D eigenvalue weighted by atomic mass is 9.89. The Morgan fingerprint density at radius 1 is 0.846 bits per heavy atom. The summed E-state index contributed by atoms with van der Waals surface area (Å²) in [6.07, 6.45) is -12.7. The zero-order valence-electron chi connectivity index (χ0n) is 20.3. The van der Waals surface area contributed by atoms with Crippen molar-refractivity contribution in [3.63, 3.8) is 0 Å². The van der Waals surface area contributed by atoms with Gasteiger partial charge in [-0.2, -0.15) is 0 Å². The molecule has 2 aliphatic heterocycles. The zero-order valence-corrected chi connectivity index (χ0v) is 20.3. The lowest BCUT2D eigenvalue weighted by Gasteiger charge is -2.42. The number of rotatable bonds is 5. The predicted molar refractivity (Wildman–Crippen MR) is 131 cm³/mol. The van der Waals surface area contributed by atoms with Crippen molar-refractivity contribution in [3.05, 3.63) is 58.4 Å². The standard InChI is InChI=1S/C26H28O13/c27-11-3-1-10(2-4-11)13-7-36-24-12(18(13)30)5-6-14(28)17(24)25-22(34)21(33)20(32)16(39-25)9-38-26-23(35)19(31)15(29)8-37-26/h1-7,15-16,19-23,25-29,31-35H,8-9H2/t15-,16-,19+,20-,21+,22-,23-,25+,26?/m1/s1. The molecule has 0 aliphatic carbocycles. The molecule has 13 nitrogen and oxygen atoms in total. The van der Waals surface area contributed by atoms with Crippen molar-refractivity contribution in [2.45, 2.75) is 55.1 Å². The van der Waals surface area contributed by atoms with Gasteiger partial charge in [-0.1, -0.05) is 12.1 Å². The smallest absolute Gasteiger partial charge is 0.200 e. The van der Waals surface area contributed by atoms with E-state index in [9.17, 15) is 45.6 Å². The second kappa shape index (κ2) is 10.8. The molecule has 3 aromatic rings. The molecule has 13 heteroatoms. The van der Waals surface area contributed by atoms with Crippen LogP contribution in [0.15, 0.2) is 51.9 Å². The van der Waals surface area contributed by atoms with E-state index >= 15 is 0 Å². The topological polar surface area (TPSA) is 220 Å². The van der Waals surface area contributed by atoms with Crippen LogP contribution in [0.2, 0.25) is 0 Å². The van der Waals surface area contributed by atoms with Gasteiger partial charge in [0.05, 0.1) is 29.7 Å². The van der Waals surface area contributed by atoms with E-state index in [0.717, 1.165) is 6.26 Å².